The van der Waals surface area contributed by atoms with Crippen molar-refractivity contribution in [2.24, 2.45) is 0 Å². The Bertz CT molecular complexity index is 758. The van der Waals surface area contributed by atoms with E-state index in [4.69, 9.17) is 37.1 Å². The van der Waals surface area contributed by atoms with Gasteiger partial charge in [-0.3, -0.25) is 0 Å². The van der Waals surface area contributed by atoms with Gasteiger partial charge < -0.3 is 13.9 Å². The Morgan fingerprint density at radius 3 is 1.96 bits per heavy atom. The van der Waals surface area contributed by atoms with E-state index in [2.05, 4.69) is 10.2 Å². The van der Waals surface area contributed by atoms with Gasteiger partial charge in [0.1, 0.15) is 11.5 Å². The molecule has 118 valence electrons. The summed E-state index contributed by atoms with van der Waals surface area (Å²) in [4.78, 5) is 0. The minimum Gasteiger partial charge on any atom is -0.484 e. The molecule has 3 aromatic rings. The molecule has 1 aromatic heterocycles. The summed E-state index contributed by atoms with van der Waals surface area (Å²) in [5.41, 5.74) is 0. The topological polar surface area (TPSA) is 57.4 Å². The van der Waals surface area contributed by atoms with Crippen molar-refractivity contribution in [3.05, 3.63) is 70.4 Å². The van der Waals surface area contributed by atoms with E-state index in [0.29, 0.717) is 27.6 Å². The van der Waals surface area contributed by atoms with Crippen molar-refractivity contribution < 1.29 is 13.9 Å². The van der Waals surface area contributed by atoms with Crippen molar-refractivity contribution in [2.75, 3.05) is 0 Å². The number of para-hydroxylation sites is 1. The first-order valence-electron chi connectivity index (χ1n) is 6.77. The van der Waals surface area contributed by atoms with E-state index in [9.17, 15) is 0 Å². The standard InChI is InChI=1S/C16H12Cl2N2O3/c17-11-6-12(18)8-14(7-11)22-10-16-20-19-15(23-16)9-21-13-4-2-1-3-5-13/h1-8H,9-10H2. The van der Waals surface area contributed by atoms with Crippen LogP contribution in [0.2, 0.25) is 10.0 Å². The van der Waals surface area contributed by atoms with E-state index < -0.39 is 0 Å². The first-order valence-corrected chi connectivity index (χ1v) is 7.52. The van der Waals surface area contributed by atoms with Crippen molar-refractivity contribution in [1.29, 1.82) is 0 Å². The van der Waals surface area contributed by atoms with Crippen LogP contribution in [0.25, 0.3) is 0 Å². The second-order valence-corrected chi connectivity index (χ2v) is 5.46. The van der Waals surface area contributed by atoms with Crippen LogP contribution in [0.15, 0.2) is 52.9 Å². The molecule has 0 atom stereocenters. The Balaban J connectivity index is 1.55. The third-order valence-electron chi connectivity index (χ3n) is 2.81. The summed E-state index contributed by atoms with van der Waals surface area (Å²) in [7, 11) is 0. The Morgan fingerprint density at radius 2 is 1.35 bits per heavy atom. The third-order valence-corrected chi connectivity index (χ3v) is 3.25. The van der Waals surface area contributed by atoms with Gasteiger partial charge in [0.05, 0.1) is 0 Å². The molecule has 0 radical (unpaired) electrons. The molecule has 7 heteroatoms. The molecule has 3 rings (SSSR count). The van der Waals surface area contributed by atoms with Crippen LogP contribution in [0.3, 0.4) is 0 Å². The largest absolute Gasteiger partial charge is 0.484 e. The van der Waals surface area contributed by atoms with Crippen LogP contribution >= 0.6 is 23.2 Å². The zero-order valence-corrected chi connectivity index (χ0v) is 13.4. The van der Waals surface area contributed by atoms with Crippen LogP contribution in [0.1, 0.15) is 11.8 Å². The Labute approximate surface area is 142 Å². The summed E-state index contributed by atoms with van der Waals surface area (Å²) in [5, 5.41) is 8.80. The maximum atomic E-state index is 5.90. The molecule has 5 nitrogen and oxygen atoms in total. The van der Waals surface area contributed by atoms with Gasteiger partial charge in [0.25, 0.3) is 11.8 Å². The highest BCUT2D eigenvalue weighted by Crippen LogP contribution is 2.24. The highest BCUT2D eigenvalue weighted by atomic mass is 35.5. The molecule has 0 saturated carbocycles. The van der Waals surface area contributed by atoms with E-state index in [0.717, 1.165) is 5.75 Å². The molecule has 23 heavy (non-hydrogen) atoms. The molecule has 2 aromatic carbocycles. The quantitative estimate of drug-likeness (QED) is 0.653. The van der Waals surface area contributed by atoms with Crippen LogP contribution in [-0.4, -0.2) is 10.2 Å². The van der Waals surface area contributed by atoms with Gasteiger partial charge in [-0.1, -0.05) is 41.4 Å². The monoisotopic (exact) mass is 350 g/mol. The highest BCUT2D eigenvalue weighted by Gasteiger charge is 2.08. The molecule has 0 aliphatic carbocycles. The Kier molecular flexibility index (Phi) is 5.00. The van der Waals surface area contributed by atoms with Gasteiger partial charge >= 0.3 is 0 Å². The number of nitrogens with zero attached hydrogens (tertiary/aromatic N) is 2. The second kappa shape index (κ2) is 7.35. The van der Waals surface area contributed by atoms with Gasteiger partial charge in [-0.2, -0.15) is 0 Å². The summed E-state index contributed by atoms with van der Waals surface area (Å²) < 4.78 is 16.5. The third kappa shape index (κ3) is 4.61. The molecule has 0 aliphatic heterocycles. The average molecular weight is 351 g/mol. The lowest BCUT2D eigenvalue weighted by Gasteiger charge is -2.04. The maximum Gasteiger partial charge on any atom is 0.254 e. The fourth-order valence-corrected chi connectivity index (χ4v) is 2.33. The zero-order chi connectivity index (χ0) is 16.1. The van der Waals surface area contributed by atoms with Crippen LogP contribution in [-0.2, 0) is 13.2 Å². The molecular weight excluding hydrogens is 339 g/mol. The minimum absolute atomic E-state index is 0.120. The minimum atomic E-state index is 0.120. The van der Waals surface area contributed by atoms with Gasteiger partial charge in [0.2, 0.25) is 0 Å². The number of hydrogen-bond donors (Lipinski definition) is 0. The molecule has 0 amide bonds. The van der Waals surface area contributed by atoms with Crippen LogP contribution in [0.4, 0.5) is 0 Å². The van der Waals surface area contributed by atoms with Gasteiger partial charge in [0.15, 0.2) is 13.2 Å². The highest BCUT2D eigenvalue weighted by molar-refractivity contribution is 6.34. The zero-order valence-electron chi connectivity index (χ0n) is 11.9. The molecule has 0 N–H and O–H groups in total. The molecular formula is C16H12Cl2N2O3. The fraction of sp³-hybridized carbons (Fsp3) is 0.125. The molecule has 0 bridgehead atoms. The van der Waals surface area contributed by atoms with Crippen molar-refractivity contribution in [3.8, 4) is 11.5 Å². The molecule has 1 heterocycles. The number of rotatable bonds is 6. The number of halogens is 2. The fourth-order valence-electron chi connectivity index (χ4n) is 1.82. The predicted octanol–water partition coefficient (Wildman–Crippen LogP) is 4.53. The molecule has 0 aliphatic rings. The normalized spacial score (nSPS) is 10.5. The maximum absolute atomic E-state index is 5.90. The van der Waals surface area contributed by atoms with Crippen LogP contribution < -0.4 is 9.47 Å². The van der Waals surface area contributed by atoms with Crippen LogP contribution in [0.5, 0.6) is 11.5 Å². The average Bonchev–Trinajstić information content (AvgIpc) is 2.99. The van der Waals surface area contributed by atoms with Crippen molar-refractivity contribution in [2.45, 2.75) is 13.2 Å². The number of hydrogen-bond acceptors (Lipinski definition) is 5. The van der Waals surface area contributed by atoms with E-state index in [-0.39, 0.29) is 13.2 Å². The molecule has 0 saturated heterocycles. The smallest absolute Gasteiger partial charge is 0.254 e. The number of benzene rings is 2. The van der Waals surface area contributed by atoms with E-state index in [1.165, 1.54) is 0 Å². The van der Waals surface area contributed by atoms with Crippen molar-refractivity contribution in [1.82, 2.24) is 10.2 Å². The lowest BCUT2D eigenvalue weighted by Crippen LogP contribution is -1.96. The van der Waals surface area contributed by atoms with E-state index in [1.807, 2.05) is 30.3 Å². The summed E-state index contributed by atoms with van der Waals surface area (Å²) >= 11 is 11.8. The van der Waals surface area contributed by atoms with E-state index >= 15 is 0 Å². The first-order chi connectivity index (χ1) is 11.2. The first kappa shape index (κ1) is 15.6. The summed E-state index contributed by atoms with van der Waals surface area (Å²) in [6.07, 6.45) is 0. The molecule has 0 spiro atoms. The molecule has 0 fully saturated rings. The number of ether oxygens (including phenoxy) is 2. The van der Waals surface area contributed by atoms with Gasteiger partial charge in [-0.25, -0.2) is 0 Å². The summed E-state index contributed by atoms with van der Waals surface area (Å²) in [6.45, 7) is 0.314. The Morgan fingerprint density at radius 1 is 0.783 bits per heavy atom. The molecule has 0 unspecified atom stereocenters. The van der Waals surface area contributed by atoms with Gasteiger partial charge in [-0.15, -0.1) is 10.2 Å². The van der Waals surface area contributed by atoms with E-state index in [1.54, 1.807) is 18.2 Å². The van der Waals surface area contributed by atoms with Gasteiger partial charge in [0, 0.05) is 10.0 Å². The summed E-state index contributed by atoms with van der Waals surface area (Å²) in [5.74, 6) is 1.98. The predicted molar refractivity (Wildman–Crippen MR) is 85.9 cm³/mol. The summed E-state index contributed by atoms with van der Waals surface area (Å²) in [6, 6.07) is 14.3. The van der Waals surface area contributed by atoms with Crippen LogP contribution in [0, 0.1) is 0 Å². The number of aromatic nitrogens is 2. The van der Waals surface area contributed by atoms with Crippen molar-refractivity contribution in [3.63, 3.8) is 0 Å². The Hall–Kier alpha value is -2.24. The van der Waals surface area contributed by atoms with Gasteiger partial charge in [-0.05, 0) is 30.3 Å². The SMILES string of the molecule is Clc1cc(Cl)cc(OCc2nnc(COc3ccccc3)o2)c1. The second-order valence-electron chi connectivity index (χ2n) is 4.59. The lowest BCUT2D eigenvalue weighted by molar-refractivity contribution is 0.232. The lowest BCUT2D eigenvalue weighted by atomic mass is 10.3. The van der Waals surface area contributed by atoms with Crippen molar-refractivity contribution >= 4 is 23.2 Å².